The van der Waals surface area contributed by atoms with Crippen LogP contribution in [0, 0.1) is 0 Å². The van der Waals surface area contributed by atoms with E-state index in [0.29, 0.717) is 0 Å². The molecule has 0 N–H and O–H groups in total. The molecule has 478 valence electrons. The number of hydrogen-bond acceptors (Lipinski definition) is 6. The number of allylic oxidation sites excluding steroid dienone is 3. The fraction of sp³-hybridized carbons (Fsp3) is 0.152. The molecule has 0 radical (unpaired) electrons. The molecular weight excluding hydrogens is 1200 g/mol. The highest BCUT2D eigenvalue weighted by Gasteiger charge is 2.48. The maximum Gasteiger partial charge on any atom is 0.165 e. The van der Waals surface area contributed by atoms with Gasteiger partial charge in [-0.3, -0.25) is 14.4 Å². The van der Waals surface area contributed by atoms with Crippen molar-refractivity contribution in [3.05, 3.63) is 335 Å². The number of para-hydroxylation sites is 8. The molecule has 99 heavy (non-hydrogen) atoms. The summed E-state index contributed by atoms with van der Waals surface area (Å²) < 4.78 is 2.40. The Kier molecular flexibility index (Phi) is 12.8. The molecule has 6 heterocycles. The van der Waals surface area contributed by atoms with E-state index in [4.69, 9.17) is 9.97 Å². The van der Waals surface area contributed by atoms with Crippen molar-refractivity contribution in [3.8, 4) is 28.2 Å². The normalized spacial score (nSPS) is 16.4. The average molecular weight is 1280 g/mol. The topological polar surface area (TPSA) is 43.7 Å². The molecule has 0 bridgehead atoms. The number of fused-ring (bicyclic) bond motifs is 13. The van der Waals surface area contributed by atoms with Crippen LogP contribution >= 0.6 is 0 Å². The van der Waals surface area contributed by atoms with Crippen LogP contribution in [-0.4, -0.2) is 14.5 Å². The van der Waals surface area contributed by atoms with E-state index in [1.165, 1.54) is 61.0 Å². The smallest absolute Gasteiger partial charge is 0.165 e. The standard InChI is InChI=1S/C92H75N7/c1-89(2)65-38-16-24-46-73(65)96(74-47-25-17-39-66(74)89)84-81(58-54-56-59(57-55-58)86-93-82-63-36-14-12-34-61(63)62-35-13-15-37-64(62)83(82)95(86)60-32-10-9-11-33-60)85(97-75-48-26-18-40-67(75)90(3,4)68-41-19-27-49-76(68)97)88(99-79-52-30-22-44-71(79)92(7,8)72-45-23-31-53-80(72)99)94-87(84)98-77-50-28-20-42-69(77)91(5,6)70-43-21-29-51-78(70)98/h9-18,20-40,42-57H,19,41H2,1-8H3. The van der Waals surface area contributed by atoms with Gasteiger partial charge in [0, 0.05) is 54.9 Å². The highest BCUT2D eigenvalue weighted by Crippen LogP contribution is 2.66. The summed E-state index contributed by atoms with van der Waals surface area (Å²) in [6.45, 7) is 19.2. The lowest BCUT2D eigenvalue weighted by Gasteiger charge is -2.49. The van der Waals surface area contributed by atoms with Crippen LogP contribution in [0.2, 0.25) is 0 Å². The summed E-state index contributed by atoms with van der Waals surface area (Å²) in [5, 5.41) is 4.67. The third-order valence-electron chi connectivity index (χ3n) is 22.8. The van der Waals surface area contributed by atoms with Crippen LogP contribution in [0.3, 0.4) is 0 Å². The van der Waals surface area contributed by atoms with Crippen molar-refractivity contribution in [2.45, 2.75) is 89.9 Å². The molecule has 2 aromatic heterocycles. The van der Waals surface area contributed by atoms with Crippen molar-refractivity contribution >= 4 is 95.4 Å². The Hall–Kier alpha value is -11.5. The molecule has 7 nitrogen and oxygen atoms in total. The van der Waals surface area contributed by atoms with Gasteiger partial charge in [-0.15, -0.1) is 0 Å². The van der Waals surface area contributed by atoms with Gasteiger partial charge in [0.2, 0.25) is 0 Å². The van der Waals surface area contributed by atoms with Gasteiger partial charge < -0.3 is 9.80 Å². The lowest BCUT2D eigenvalue weighted by atomic mass is 9.70. The first-order valence-corrected chi connectivity index (χ1v) is 35.1. The van der Waals surface area contributed by atoms with Gasteiger partial charge in [0.05, 0.1) is 62.2 Å². The second kappa shape index (κ2) is 21.5. The molecule has 0 spiro atoms. The first kappa shape index (κ1) is 58.8. The van der Waals surface area contributed by atoms with Crippen LogP contribution in [0.1, 0.15) is 107 Å². The van der Waals surface area contributed by atoms with Crippen LogP contribution in [-0.2, 0) is 21.7 Å². The molecule has 0 saturated heterocycles. The van der Waals surface area contributed by atoms with Crippen molar-refractivity contribution in [2.24, 2.45) is 0 Å². The minimum atomic E-state index is -0.380. The zero-order valence-electron chi connectivity index (χ0n) is 57.2. The third-order valence-corrected chi connectivity index (χ3v) is 22.8. The molecule has 19 rings (SSSR count). The summed E-state index contributed by atoms with van der Waals surface area (Å²) in [6.07, 6.45) is 6.69. The van der Waals surface area contributed by atoms with Gasteiger partial charge in [-0.1, -0.05) is 280 Å². The molecule has 1 aliphatic carbocycles. The number of nitrogens with zero attached hydrogens (tertiary/aromatic N) is 7. The predicted octanol–water partition coefficient (Wildman–Crippen LogP) is 24.4. The van der Waals surface area contributed by atoms with E-state index in [1.54, 1.807) is 0 Å². The van der Waals surface area contributed by atoms with Gasteiger partial charge in [-0.25, -0.2) is 9.97 Å². The molecule has 0 fully saturated rings. The van der Waals surface area contributed by atoms with Crippen molar-refractivity contribution in [1.29, 1.82) is 0 Å². The lowest BCUT2D eigenvalue weighted by Crippen LogP contribution is -2.37. The van der Waals surface area contributed by atoms with E-state index in [9.17, 15) is 0 Å². The number of aromatic nitrogens is 3. The zero-order chi connectivity index (χ0) is 66.8. The van der Waals surface area contributed by atoms with Gasteiger partial charge in [0.1, 0.15) is 5.82 Å². The van der Waals surface area contributed by atoms with E-state index in [2.05, 4.69) is 365 Å². The van der Waals surface area contributed by atoms with Crippen molar-refractivity contribution in [2.75, 3.05) is 19.6 Å². The summed E-state index contributed by atoms with van der Waals surface area (Å²) in [5.74, 6) is 2.48. The molecule has 0 atom stereocenters. The first-order chi connectivity index (χ1) is 48.2. The predicted molar refractivity (Wildman–Crippen MR) is 412 cm³/mol. The first-order valence-electron chi connectivity index (χ1n) is 35.1. The lowest BCUT2D eigenvalue weighted by molar-refractivity contribution is 0.570. The maximum absolute atomic E-state index is 6.77. The van der Waals surface area contributed by atoms with Crippen molar-refractivity contribution in [3.63, 3.8) is 0 Å². The minimum Gasteiger partial charge on any atom is -0.306 e. The van der Waals surface area contributed by atoms with E-state index in [0.717, 1.165) is 126 Å². The van der Waals surface area contributed by atoms with Crippen LogP contribution in [0.4, 0.5) is 62.8 Å². The second-order valence-electron chi connectivity index (χ2n) is 29.6. The van der Waals surface area contributed by atoms with Crippen LogP contribution < -0.4 is 19.6 Å². The molecular formula is C92H75N7. The Morgan fingerprint density at radius 1 is 0.313 bits per heavy atom. The Bertz CT molecular complexity index is 5630. The zero-order valence-corrected chi connectivity index (χ0v) is 57.2. The number of imidazole rings is 1. The molecule has 12 aromatic carbocycles. The fourth-order valence-corrected chi connectivity index (χ4v) is 18.0. The maximum atomic E-state index is 6.77. The van der Waals surface area contributed by atoms with Crippen LogP contribution in [0.5, 0.6) is 0 Å². The second-order valence-corrected chi connectivity index (χ2v) is 29.6. The molecule has 14 aromatic rings. The summed E-state index contributed by atoms with van der Waals surface area (Å²) in [4.78, 5) is 22.9. The molecule has 0 saturated carbocycles. The summed E-state index contributed by atoms with van der Waals surface area (Å²) in [5.41, 5.74) is 25.5. The van der Waals surface area contributed by atoms with Crippen molar-refractivity contribution < 1.29 is 0 Å². The van der Waals surface area contributed by atoms with Gasteiger partial charge in [0.25, 0.3) is 0 Å². The summed E-state index contributed by atoms with van der Waals surface area (Å²) >= 11 is 0. The number of anilines is 11. The number of benzene rings is 12. The summed E-state index contributed by atoms with van der Waals surface area (Å²) in [6, 6.07) is 102. The number of pyridine rings is 1. The average Bonchev–Trinajstić information content (AvgIpc) is 1.15. The van der Waals surface area contributed by atoms with E-state index in [-0.39, 0.29) is 21.7 Å². The molecule has 0 unspecified atom stereocenters. The van der Waals surface area contributed by atoms with Gasteiger partial charge in [-0.2, -0.15) is 0 Å². The number of rotatable bonds is 7. The van der Waals surface area contributed by atoms with Gasteiger partial charge in [-0.05, 0) is 134 Å². The Labute approximate surface area is 579 Å². The highest BCUT2D eigenvalue weighted by molar-refractivity contribution is 6.24. The SMILES string of the molecule is CC1(C)C2=C(C=CCC2)N(c2c(N3c4ccccc4C(C)(C)c4ccccc43)nc(N3c4ccccc4C(C)(C)c4ccccc43)c(N3c4ccccc4C(C)(C)c4ccccc43)c2-c2ccc(-c3nc4c5ccccc5c5ccccc5c4n3-c3ccccc3)cc2)c2ccccc21. The fourth-order valence-electron chi connectivity index (χ4n) is 18.0. The Balaban J connectivity index is 1.03. The quantitative estimate of drug-likeness (QED) is 0.148. The highest BCUT2D eigenvalue weighted by atomic mass is 15.3. The summed E-state index contributed by atoms with van der Waals surface area (Å²) in [7, 11) is 0. The molecule has 4 aliphatic heterocycles. The molecule has 0 amide bonds. The van der Waals surface area contributed by atoms with Gasteiger partial charge in [0.15, 0.2) is 11.6 Å². The van der Waals surface area contributed by atoms with E-state index < -0.39 is 0 Å². The largest absolute Gasteiger partial charge is 0.306 e. The Morgan fingerprint density at radius 2 is 0.667 bits per heavy atom. The van der Waals surface area contributed by atoms with E-state index >= 15 is 0 Å². The third kappa shape index (κ3) is 8.31. The minimum absolute atomic E-state index is 0.301. The van der Waals surface area contributed by atoms with Crippen LogP contribution in [0.25, 0.3) is 60.8 Å². The monoisotopic (exact) mass is 1280 g/mol. The van der Waals surface area contributed by atoms with Crippen molar-refractivity contribution in [1.82, 2.24) is 14.5 Å². The van der Waals surface area contributed by atoms with Crippen LogP contribution in [0.15, 0.2) is 296 Å². The van der Waals surface area contributed by atoms with Gasteiger partial charge >= 0.3 is 0 Å². The Morgan fingerprint density at radius 3 is 1.13 bits per heavy atom. The number of hydrogen-bond donors (Lipinski definition) is 0. The molecule has 7 heteroatoms. The molecule has 5 aliphatic rings. The van der Waals surface area contributed by atoms with E-state index in [1.807, 2.05) is 0 Å².